The second kappa shape index (κ2) is 12.2. The summed E-state index contributed by atoms with van der Waals surface area (Å²) in [6.07, 6.45) is 0. The van der Waals surface area contributed by atoms with Crippen LogP contribution in [0.2, 0.25) is 0 Å². The van der Waals surface area contributed by atoms with Gasteiger partial charge in [-0.05, 0) is 58.0 Å². The average Bonchev–Trinajstić information content (AvgIpc) is 3.60. The summed E-state index contributed by atoms with van der Waals surface area (Å²) in [4.78, 5) is 5.08. The van der Waals surface area contributed by atoms with Crippen molar-refractivity contribution in [2.45, 2.75) is 0 Å². The minimum Gasteiger partial charge on any atom is -0.248 e. The topological polar surface area (TPSA) is 30.7 Å². The van der Waals surface area contributed by atoms with Crippen LogP contribution in [0.1, 0.15) is 0 Å². The molecular weight excluding hydrogens is 595 g/mol. The van der Waals surface area contributed by atoms with Gasteiger partial charge in [0.05, 0.1) is 22.6 Å². The second-order valence-electron chi connectivity index (χ2n) is 12.3. The third-order valence-electron chi connectivity index (χ3n) is 9.21. The number of rotatable bonds is 6. The van der Waals surface area contributed by atoms with Gasteiger partial charge in [-0.1, -0.05) is 158 Å². The van der Waals surface area contributed by atoms with Gasteiger partial charge in [-0.3, -0.25) is 0 Å². The molecule has 0 fully saturated rings. The third-order valence-corrected chi connectivity index (χ3v) is 9.21. The lowest BCUT2D eigenvalue weighted by Gasteiger charge is -2.12. The molecule has 9 aromatic rings. The maximum atomic E-state index is 5.38. The number of aromatic nitrogens is 3. The van der Waals surface area contributed by atoms with E-state index in [2.05, 4.69) is 175 Å². The summed E-state index contributed by atoms with van der Waals surface area (Å²) in [7, 11) is 0. The van der Waals surface area contributed by atoms with E-state index >= 15 is 0 Å². The molecule has 2 heterocycles. The normalized spacial score (nSPS) is 11.3. The molecule has 0 spiro atoms. The fourth-order valence-electron chi connectivity index (χ4n) is 6.82. The van der Waals surface area contributed by atoms with Crippen molar-refractivity contribution in [3.8, 4) is 61.7 Å². The number of benzene rings is 7. The summed E-state index contributed by atoms with van der Waals surface area (Å²) >= 11 is 0. The molecule has 0 radical (unpaired) electrons. The quantitative estimate of drug-likeness (QED) is 0.184. The predicted molar refractivity (Wildman–Crippen MR) is 204 cm³/mol. The van der Waals surface area contributed by atoms with Gasteiger partial charge in [-0.25, -0.2) is 9.67 Å². The van der Waals surface area contributed by atoms with Crippen LogP contribution in [0.4, 0.5) is 0 Å². The summed E-state index contributed by atoms with van der Waals surface area (Å²) in [5.41, 5.74) is 12.8. The summed E-state index contributed by atoms with van der Waals surface area (Å²) < 4.78 is 2.12. The van der Waals surface area contributed by atoms with Gasteiger partial charge in [-0.2, -0.15) is 5.10 Å². The molecule has 49 heavy (non-hydrogen) atoms. The number of hydrogen-bond acceptors (Lipinski definition) is 2. The van der Waals surface area contributed by atoms with Gasteiger partial charge >= 0.3 is 0 Å². The highest BCUT2D eigenvalue weighted by molar-refractivity contribution is 6.17. The molecule has 0 bridgehead atoms. The van der Waals surface area contributed by atoms with Crippen molar-refractivity contribution in [2.75, 3.05) is 0 Å². The van der Waals surface area contributed by atoms with Gasteiger partial charge in [-0.15, -0.1) is 0 Å². The van der Waals surface area contributed by atoms with Crippen LogP contribution in [0.15, 0.2) is 188 Å². The summed E-state index contributed by atoms with van der Waals surface area (Å²) in [6, 6.07) is 66.1. The highest BCUT2D eigenvalue weighted by Gasteiger charge is 2.21. The molecule has 230 valence electrons. The van der Waals surface area contributed by atoms with E-state index in [0.717, 1.165) is 61.5 Å². The van der Waals surface area contributed by atoms with Crippen molar-refractivity contribution in [3.05, 3.63) is 188 Å². The van der Waals surface area contributed by atoms with E-state index in [1.165, 1.54) is 21.9 Å². The fourth-order valence-corrected chi connectivity index (χ4v) is 6.82. The van der Waals surface area contributed by atoms with Gasteiger partial charge in [0.15, 0.2) is 0 Å². The Morgan fingerprint density at radius 3 is 1.51 bits per heavy atom. The summed E-state index contributed by atoms with van der Waals surface area (Å²) in [5, 5.41) is 8.89. The Kier molecular flexibility index (Phi) is 7.14. The highest BCUT2D eigenvalue weighted by atomic mass is 15.3. The highest BCUT2D eigenvalue weighted by Crippen LogP contribution is 2.42. The van der Waals surface area contributed by atoms with E-state index in [1.807, 2.05) is 18.2 Å². The molecule has 0 aliphatic carbocycles. The van der Waals surface area contributed by atoms with Crippen LogP contribution in [0.3, 0.4) is 0 Å². The SMILES string of the molecule is c1ccc(-c2cc(-c3ccc(-c4nn(-c5ccccc5)c5c4c(-c4ccccc4)cc4ccccc45)cc3)cc(-c3ccccc3)n2)cc1. The Bertz CT molecular complexity index is 2500. The van der Waals surface area contributed by atoms with Crippen LogP contribution in [0.5, 0.6) is 0 Å². The molecule has 9 rings (SSSR count). The molecule has 0 amide bonds. The molecular formula is C46H31N3. The van der Waals surface area contributed by atoms with Gasteiger partial charge < -0.3 is 0 Å². The van der Waals surface area contributed by atoms with Gasteiger partial charge in [0.25, 0.3) is 0 Å². The van der Waals surface area contributed by atoms with E-state index in [-0.39, 0.29) is 0 Å². The molecule has 0 N–H and O–H groups in total. The zero-order valence-corrected chi connectivity index (χ0v) is 26.7. The molecule has 2 aromatic heterocycles. The first-order valence-corrected chi connectivity index (χ1v) is 16.6. The number of nitrogens with zero attached hydrogens (tertiary/aromatic N) is 3. The Morgan fingerprint density at radius 2 is 0.898 bits per heavy atom. The maximum Gasteiger partial charge on any atom is 0.101 e. The Hall–Kier alpha value is -6.58. The van der Waals surface area contributed by atoms with Crippen LogP contribution < -0.4 is 0 Å². The minimum atomic E-state index is 0.952. The standard InChI is InChI=1S/C46H31N3/c1-5-15-33(16-6-1)41-29-37-21-13-14-24-40(37)46-44(41)45(48-49(46)39-22-11-4-12-23-39)36-27-25-32(26-28-36)38-30-42(34-17-7-2-8-18-34)47-43(31-38)35-19-9-3-10-20-35/h1-31H. The monoisotopic (exact) mass is 625 g/mol. The van der Waals surface area contributed by atoms with Gasteiger partial charge in [0, 0.05) is 27.5 Å². The lowest BCUT2D eigenvalue weighted by molar-refractivity contribution is 0.918. The van der Waals surface area contributed by atoms with Crippen molar-refractivity contribution in [1.29, 1.82) is 0 Å². The van der Waals surface area contributed by atoms with Crippen LogP contribution in [-0.2, 0) is 0 Å². The average molecular weight is 626 g/mol. The van der Waals surface area contributed by atoms with Gasteiger partial charge in [0.2, 0.25) is 0 Å². The van der Waals surface area contributed by atoms with Crippen LogP contribution in [0.25, 0.3) is 83.4 Å². The summed E-state index contributed by atoms with van der Waals surface area (Å²) in [6.45, 7) is 0. The van der Waals surface area contributed by atoms with Crippen LogP contribution >= 0.6 is 0 Å². The molecule has 0 aliphatic heterocycles. The summed E-state index contributed by atoms with van der Waals surface area (Å²) in [5.74, 6) is 0. The minimum absolute atomic E-state index is 0.952. The lowest BCUT2D eigenvalue weighted by atomic mass is 9.93. The lowest BCUT2D eigenvalue weighted by Crippen LogP contribution is -1.96. The van der Waals surface area contributed by atoms with E-state index in [1.54, 1.807) is 0 Å². The first-order chi connectivity index (χ1) is 24.3. The Morgan fingerprint density at radius 1 is 0.388 bits per heavy atom. The maximum absolute atomic E-state index is 5.38. The van der Waals surface area contributed by atoms with Crippen molar-refractivity contribution in [2.24, 2.45) is 0 Å². The first-order valence-electron chi connectivity index (χ1n) is 16.6. The predicted octanol–water partition coefficient (Wildman–Crippen LogP) is 11.9. The van der Waals surface area contributed by atoms with E-state index in [9.17, 15) is 0 Å². The van der Waals surface area contributed by atoms with Gasteiger partial charge in [0.1, 0.15) is 5.69 Å². The molecule has 7 aromatic carbocycles. The number of fused-ring (bicyclic) bond motifs is 3. The van der Waals surface area contributed by atoms with Crippen LogP contribution in [-0.4, -0.2) is 14.8 Å². The van der Waals surface area contributed by atoms with E-state index < -0.39 is 0 Å². The van der Waals surface area contributed by atoms with Crippen molar-refractivity contribution in [1.82, 2.24) is 14.8 Å². The third kappa shape index (κ3) is 5.28. The van der Waals surface area contributed by atoms with Crippen molar-refractivity contribution in [3.63, 3.8) is 0 Å². The zero-order chi connectivity index (χ0) is 32.6. The first kappa shape index (κ1) is 28.6. The van der Waals surface area contributed by atoms with E-state index in [4.69, 9.17) is 10.1 Å². The molecule has 0 saturated carbocycles. The molecule has 3 heteroatoms. The Labute approximate surface area is 285 Å². The molecule has 0 unspecified atom stereocenters. The van der Waals surface area contributed by atoms with Crippen LogP contribution in [0, 0.1) is 0 Å². The van der Waals surface area contributed by atoms with E-state index in [0.29, 0.717) is 0 Å². The molecule has 0 saturated heterocycles. The second-order valence-corrected chi connectivity index (χ2v) is 12.3. The molecule has 0 aliphatic rings. The van der Waals surface area contributed by atoms with Crippen molar-refractivity contribution >= 4 is 21.7 Å². The number of hydrogen-bond donors (Lipinski definition) is 0. The Balaban J connectivity index is 1.24. The molecule has 0 atom stereocenters. The number of pyridine rings is 1. The largest absolute Gasteiger partial charge is 0.248 e. The zero-order valence-electron chi connectivity index (χ0n) is 26.7. The number of para-hydroxylation sites is 1. The molecule has 3 nitrogen and oxygen atoms in total. The smallest absolute Gasteiger partial charge is 0.101 e. The van der Waals surface area contributed by atoms with Crippen molar-refractivity contribution < 1.29 is 0 Å². The fraction of sp³-hybridized carbons (Fsp3) is 0.